The van der Waals surface area contributed by atoms with Crippen molar-refractivity contribution in [2.45, 2.75) is 39.3 Å². The number of hydrogen-bond acceptors (Lipinski definition) is 6. The average Bonchev–Trinajstić information content (AvgIpc) is 2.63. The van der Waals surface area contributed by atoms with Crippen LogP contribution >= 0.6 is 0 Å². The SMILES string of the molecule is Cc1ccc(NC(=O)C(C)N2C(=O)C(C)(C)Oc3ccc([N+](=O)[O-])nc32)cc1. The molecule has 2 heterocycles. The fourth-order valence-corrected chi connectivity index (χ4v) is 2.84. The molecule has 0 spiro atoms. The first-order chi connectivity index (χ1) is 13.1. The maximum absolute atomic E-state index is 12.9. The van der Waals surface area contributed by atoms with E-state index in [1.54, 1.807) is 26.0 Å². The van der Waals surface area contributed by atoms with Gasteiger partial charge in [-0.1, -0.05) is 17.7 Å². The van der Waals surface area contributed by atoms with Gasteiger partial charge in [0, 0.05) is 11.8 Å². The number of hydrogen-bond donors (Lipinski definition) is 1. The molecule has 1 N–H and O–H groups in total. The molecule has 28 heavy (non-hydrogen) atoms. The number of amides is 2. The first-order valence-corrected chi connectivity index (χ1v) is 8.66. The molecule has 2 aromatic rings. The van der Waals surface area contributed by atoms with E-state index in [1.807, 2.05) is 19.1 Å². The predicted molar refractivity (Wildman–Crippen MR) is 102 cm³/mol. The van der Waals surface area contributed by atoms with Crippen molar-refractivity contribution in [3.05, 3.63) is 52.1 Å². The van der Waals surface area contributed by atoms with Crippen LogP contribution in [0.2, 0.25) is 0 Å². The van der Waals surface area contributed by atoms with Crippen molar-refractivity contribution in [1.29, 1.82) is 0 Å². The molecule has 2 amide bonds. The second-order valence-electron chi connectivity index (χ2n) is 7.07. The molecule has 9 heteroatoms. The van der Waals surface area contributed by atoms with Crippen molar-refractivity contribution in [2.75, 3.05) is 10.2 Å². The van der Waals surface area contributed by atoms with Gasteiger partial charge >= 0.3 is 5.82 Å². The fraction of sp³-hybridized carbons (Fsp3) is 0.316. The van der Waals surface area contributed by atoms with E-state index in [4.69, 9.17) is 4.74 Å². The summed E-state index contributed by atoms with van der Waals surface area (Å²) in [6, 6.07) is 8.81. The van der Waals surface area contributed by atoms with Gasteiger partial charge in [0.2, 0.25) is 5.91 Å². The summed E-state index contributed by atoms with van der Waals surface area (Å²) in [5.74, 6) is -1.25. The summed E-state index contributed by atoms with van der Waals surface area (Å²) in [6.45, 7) is 6.60. The molecular formula is C19H20N4O5. The molecule has 1 unspecified atom stereocenters. The van der Waals surface area contributed by atoms with Crippen LogP contribution in [-0.4, -0.2) is 33.4 Å². The van der Waals surface area contributed by atoms with E-state index in [2.05, 4.69) is 10.3 Å². The van der Waals surface area contributed by atoms with E-state index >= 15 is 0 Å². The number of nitro groups is 1. The lowest BCUT2D eigenvalue weighted by Gasteiger charge is -2.38. The number of carbonyl (C=O) groups excluding carboxylic acids is 2. The van der Waals surface area contributed by atoms with E-state index in [0.29, 0.717) is 5.69 Å². The molecule has 0 fully saturated rings. The molecule has 1 aromatic carbocycles. The van der Waals surface area contributed by atoms with E-state index < -0.39 is 34.2 Å². The highest BCUT2D eigenvalue weighted by molar-refractivity contribution is 6.08. The maximum Gasteiger partial charge on any atom is 0.366 e. The van der Waals surface area contributed by atoms with Crippen molar-refractivity contribution in [3.8, 4) is 5.75 Å². The number of nitrogens with one attached hydrogen (secondary N) is 1. The smallest absolute Gasteiger partial charge is 0.366 e. The number of aryl methyl sites for hydroxylation is 1. The molecule has 0 bridgehead atoms. The summed E-state index contributed by atoms with van der Waals surface area (Å²) in [6.07, 6.45) is 0. The number of nitrogens with zero attached hydrogens (tertiary/aromatic N) is 3. The van der Waals surface area contributed by atoms with Gasteiger partial charge in [-0.05, 0) is 55.8 Å². The van der Waals surface area contributed by atoms with Crippen molar-refractivity contribution >= 4 is 29.1 Å². The van der Waals surface area contributed by atoms with Crippen LogP contribution in [-0.2, 0) is 9.59 Å². The Morgan fingerprint density at radius 3 is 2.50 bits per heavy atom. The number of rotatable bonds is 4. The summed E-state index contributed by atoms with van der Waals surface area (Å²) < 4.78 is 5.65. The Morgan fingerprint density at radius 1 is 1.25 bits per heavy atom. The van der Waals surface area contributed by atoms with Gasteiger partial charge in [0.25, 0.3) is 11.7 Å². The zero-order chi connectivity index (χ0) is 20.6. The highest BCUT2D eigenvalue weighted by Crippen LogP contribution is 2.38. The van der Waals surface area contributed by atoms with Gasteiger partial charge in [0.15, 0.2) is 11.4 Å². The first kappa shape index (κ1) is 19.3. The molecule has 1 aliphatic rings. The Bertz CT molecular complexity index is 955. The minimum atomic E-state index is -1.25. The van der Waals surface area contributed by atoms with E-state index in [0.717, 1.165) is 10.5 Å². The third-order valence-electron chi connectivity index (χ3n) is 4.42. The Balaban J connectivity index is 1.97. The van der Waals surface area contributed by atoms with Gasteiger partial charge < -0.3 is 20.2 Å². The number of ether oxygens (including phenoxy) is 1. The summed E-state index contributed by atoms with van der Waals surface area (Å²) in [4.78, 5) is 41.2. The third kappa shape index (κ3) is 3.51. The van der Waals surface area contributed by atoms with Crippen LogP contribution < -0.4 is 15.0 Å². The Labute approximate surface area is 161 Å². The van der Waals surface area contributed by atoms with E-state index in [-0.39, 0.29) is 11.6 Å². The van der Waals surface area contributed by atoms with Crippen LogP contribution in [0.4, 0.5) is 17.3 Å². The normalized spacial score (nSPS) is 16.0. The quantitative estimate of drug-likeness (QED) is 0.640. The molecule has 9 nitrogen and oxygen atoms in total. The zero-order valence-electron chi connectivity index (χ0n) is 15.9. The molecule has 1 aromatic heterocycles. The third-order valence-corrected chi connectivity index (χ3v) is 4.42. The van der Waals surface area contributed by atoms with Gasteiger partial charge in [-0.15, -0.1) is 0 Å². The van der Waals surface area contributed by atoms with Gasteiger partial charge in [0.05, 0.1) is 0 Å². The van der Waals surface area contributed by atoms with Crippen LogP contribution in [0.15, 0.2) is 36.4 Å². The second-order valence-corrected chi connectivity index (χ2v) is 7.07. The minimum Gasteiger partial charge on any atom is -0.472 e. The fourth-order valence-electron chi connectivity index (χ4n) is 2.84. The average molecular weight is 384 g/mol. The van der Waals surface area contributed by atoms with Crippen molar-refractivity contribution < 1.29 is 19.2 Å². The number of aromatic nitrogens is 1. The highest BCUT2D eigenvalue weighted by atomic mass is 16.6. The predicted octanol–water partition coefficient (Wildman–Crippen LogP) is 2.83. The number of fused-ring (bicyclic) bond motifs is 1. The number of anilines is 2. The Kier molecular flexibility index (Phi) is 4.76. The van der Waals surface area contributed by atoms with Crippen molar-refractivity contribution in [2.24, 2.45) is 0 Å². The molecule has 0 radical (unpaired) electrons. The largest absolute Gasteiger partial charge is 0.472 e. The van der Waals surface area contributed by atoms with Gasteiger partial charge in [0.1, 0.15) is 6.04 Å². The monoisotopic (exact) mass is 384 g/mol. The van der Waals surface area contributed by atoms with Gasteiger partial charge in [-0.2, -0.15) is 0 Å². The Hall–Kier alpha value is -3.49. The molecule has 0 saturated heterocycles. The second kappa shape index (κ2) is 6.91. The summed E-state index contributed by atoms with van der Waals surface area (Å²) >= 11 is 0. The lowest BCUT2D eigenvalue weighted by atomic mass is 10.0. The maximum atomic E-state index is 12.9. The van der Waals surface area contributed by atoms with Crippen LogP contribution in [0.3, 0.4) is 0 Å². The highest BCUT2D eigenvalue weighted by Gasteiger charge is 2.47. The molecule has 1 aliphatic heterocycles. The molecular weight excluding hydrogens is 364 g/mol. The number of carbonyl (C=O) groups is 2. The van der Waals surface area contributed by atoms with Crippen LogP contribution in [0.5, 0.6) is 5.75 Å². The standard InChI is InChI=1S/C19H20N4O5/c1-11-5-7-13(8-6-11)20-17(24)12(2)22-16-14(28-19(3,4)18(22)25)9-10-15(21-16)23(26)27/h5-10,12H,1-4H3,(H,20,24). The number of pyridine rings is 1. The minimum absolute atomic E-state index is 0.0509. The summed E-state index contributed by atoms with van der Waals surface area (Å²) in [5.41, 5.74) is 0.375. The van der Waals surface area contributed by atoms with Crippen molar-refractivity contribution in [1.82, 2.24) is 4.98 Å². The lowest BCUT2D eigenvalue weighted by Crippen LogP contribution is -2.58. The number of benzene rings is 1. The van der Waals surface area contributed by atoms with Gasteiger partial charge in [-0.3, -0.25) is 14.5 Å². The topological polar surface area (TPSA) is 115 Å². The summed E-state index contributed by atoms with van der Waals surface area (Å²) in [5, 5.41) is 13.8. The van der Waals surface area contributed by atoms with Gasteiger partial charge in [-0.25, -0.2) is 0 Å². The molecule has 3 rings (SSSR count). The van der Waals surface area contributed by atoms with E-state index in [9.17, 15) is 19.7 Å². The molecule has 146 valence electrons. The summed E-state index contributed by atoms with van der Waals surface area (Å²) in [7, 11) is 0. The lowest BCUT2D eigenvalue weighted by molar-refractivity contribution is -0.389. The molecule has 1 atom stereocenters. The first-order valence-electron chi connectivity index (χ1n) is 8.66. The molecule has 0 saturated carbocycles. The Morgan fingerprint density at radius 2 is 1.89 bits per heavy atom. The van der Waals surface area contributed by atoms with E-state index in [1.165, 1.54) is 19.1 Å². The van der Waals surface area contributed by atoms with Crippen LogP contribution in [0.25, 0.3) is 0 Å². The molecule has 0 aliphatic carbocycles. The van der Waals surface area contributed by atoms with Crippen LogP contribution in [0.1, 0.15) is 26.3 Å². The van der Waals surface area contributed by atoms with Crippen LogP contribution in [0, 0.1) is 17.0 Å². The zero-order valence-corrected chi connectivity index (χ0v) is 15.9. The van der Waals surface area contributed by atoms with Crippen molar-refractivity contribution in [3.63, 3.8) is 0 Å².